The number of aliphatic hydroxyl groups is 1. The van der Waals surface area contributed by atoms with E-state index in [1.54, 1.807) is 0 Å². The van der Waals surface area contributed by atoms with Gasteiger partial charge in [0.25, 0.3) is 0 Å². The van der Waals surface area contributed by atoms with E-state index in [2.05, 4.69) is 26.1 Å². The second-order valence-corrected chi connectivity index (χ2v) is 5.57. The highest BCUT2D eigenvalue weighted by Crippen LogP contribution is 2.40. The zero-order chi connectivity index (χ0) is 11.3. The molecule has 1 rings (SSSR count). The van der Waals surface area contributed by atoms with Gasteiger partial charge < -0.3 is 10.4 Å². The summed E-state index contributed by atoms with van der Waals surface area (Å²) in [5.41, 5.74) is 0.516. The Hall–Kier alpha value is -0.0800. The fraction of sp³-hybridized carbons (Fsp3) is 1.00. The average molecular weight is 213 g/mol. The van der Waals surface area contributed by atoms with Gasteiger partial charge in [-0.1, -0.05) is 27.2 Å². The van der Waals surface area contributed by atoms with Crippen LogP contribution < -0.4 is 5.32 Å². The Kier molecular flexibility index (Phi) is 5.07. The van der Waals surface area contributed by atoms with Crippen molar-refractivity contribution in [3.63, 3.8) is 0 Å². The molecule has 1 aliphatic rings. The summed E-state index contributed by atoms with van der Waals surface area (Å²) in [6.07, 6.45) is 6.56. The molecule has 0 aromatic carbocycles. The molecule has 0 aromatic heterocycles. The van der Waals surface area contributed by atoms with Crippen LogP contribution in [-0.4, -0.2) is 24.3 Å². The molecule has 1 saturated carbocycles. The zero-order valence-corrected chi connectivity index (χ0v) is 10.6. The number of rotatable bonds is 5. The van der Waals surface area contributed by atoms with Crippen LogP contribution in [0.4, 0.5) is 0 Å². The molecule has 2 heteroatoms. The molecule has 0 heterocycles. The molecule has 0 aromatic rings. The quantitative estimate of drug-likeness (QED) is 0.735. The zero-order valence-electron chi connectivity index (χ0n) is 10.6. The molecule has 2 nitrogen and oxygen atoms in total. The molecule has 0 aliphatic heterocycles. The molecule has 1 fully saturated rings. The summed E-state index contributed by atoms with van der Waals surface area (Å²) in [6.45, 7) is 8.13. The minimum atomic E-state index is 0.264. The molecule has 90 valence electrons. The van der Waals surface area contributed by atoms with Crippen molar-refractivity contribution < 1.29 is 5.11 Å². The van der Waals surface area contributed by atoms with Gasteiger partial charge in [0, 0.05) is 12.6 Å². The Morgan fingerprint density at radius 1 is 1.20 bits per heavy atom. The second kappa shape index (κ2) is 5.86. The van der Waals surface area contributed by atoms with Gasteiger partial charge in [-0.25, -0.2) is 0 Å². The summed E-state index contributed by atoms with van der Waals surface area (Å²) in [4.78, 5) is 0. The Morgan fingerprint density at radius 2 is 1.80 bits per heavy atom. The first-order valence-corrected chi connectivity index (χ1v) is 6.44. The Labute approximate surface area is 94.5 Å². The van der Waals surface area contributed by atoms with Gasteiger partial charge in [0.05, 0.1) is 6.61 Å². The highest BCUT2D eigenvalue weighted by Gasteiger charge is 2.31. The van der Waals surface area contributed by atoms with Crippen LogP contribution in [-0.2, 0) is 0 Å². The predicted molar refractivity (Wildman–Crippen MR) is 64.9 cm³/mol. The van der Waals surface area contributed by atoms with E-state index in [1.165, 1.54) is 32.1 Å². The lowest BCUT2D eigenvalue weighted by Crippen LogP contribution is -2.37. The molecule has 0 saturated heterocycles. The third-order valence-corrected chi connectivity index (χ3v) is 4.29. The average Bonchev–Trinajstić information content (AvgIpc) is 2.27. The van der Waals surface area contributed by atoms with Crippen molar-refractivity contribution in [1.29, 1.82) is 0 Å². The maximum absolute atomic E-state index is 8.75. The predicted octanol–water partition coefficient (Wildman–Crippen LogP) is 2.56. The Balaban J connectivity index is 2.29. The van der Waals surface area contributed by atoms with Gasteiger partial charge in [-0.05, 0) is 37.0 Å². The highest BCUT2D eigenvalue weighted by atomic mass is 16.3. The van der Waals surface area contributed by atoms with E-state index >= 15 is 0 Å². The van der Waals surface area contributed by atoms with Crippen LogP contribution in [0.15, 0.2) is 0 Å². The van der Waals surface area contributed by atoms with Crippen LogP contribution in [0, 0.1) is 11.3 Å². The molecule has 2 N–H and O–H groups in total. The van der Waals surface area contributed by atoms with Crippen LogP contribution >= 0.6 is 0 Å². The van der Waals surface area contributed by atoms with Crippen LogP contribution in [0.1, 0.15) is 52.9 Å². The van der Waals surface area contributed by atoms with Crippen molar-refractivity contribution in [3.8, 4) is 0 Å². The molecule has 0 amide bonds. The van der Waals surface area contributed by atoms with E-state index < -0.39 is 0 Å². The van der Waals surface area contributed by atoms with Gasteiger partial charge in [-0.3, -0.25) is 0 Å². The molecule has 15 heavy (non-hydrogen) atoms. The number of nitrogens with one attached hydrogen (secondary N) is 1. The van der Waals surface area contributed by atoms with Crippen molar-refractivity contribution in [1.82, 2.24) is 5.32 Å². The summed E-state index contributed by atoms with van der Waals surface area (Å²) in [5, 5.41) is 12.2. The van der Waals surface area contributed by atoms with Crippen molar-refractivity contribution in [2.75, 3.05) is 13.2 Å². The van der Waals surface area contributed by atoms with E-state index in [9.17, 15) is 0 Å². The maximum Gasteiger partial charge on any atom is 0.0556 e. The van der Waals surface area contributed by atoms with Crippen molar-refractivity contribution >= 4 is 0 Å². The SMILES string of the molecule is CCC(C)(C)C1CCC(NCCO)CC1. The van der Waals surface area contributed by atoms with Crippen LogP contribution in [0.5, 0.6) is 0 Å². The lowest BCUT2D eigenvalue weighted by molar-refractivity contribution is 0.135. The number of aliphatic hydroxyl groups excluding tert-OH is 1. The molecule has 0 bridgehead atoms. The molecule has 1 aliphatic carbocycles. The standard InChI is InChI=1S/C13H27NO/c1-4-13(2,3)11-5-7-12(8-6-11)14-9-10-15/h11-12,14-15H,4-10H2,1-3H3. The summed E-state index contributed by atoms with van der Waals surface area (Å²) < 4.78 is 0. The summed E-state index contributed by atoms with van der Waals surface area (Å²) >= 11 is 0. The highest BCUT2D eigenvalue weighted by molar-refractivity contribution is 4.84. The van der Waals surface area contributed by atoms with E-state index in [1.807, 2.05) is 0 Å². The molecule has 0 atom stereocenters. The molecule has 0 spiro atoms. The van der Waals surface area contributed by atoms with Gasteiger partial charge in [0.1, 0.15) is 0 Å². The summed E-state index contributed by atoms with van der Waals surface area (Å²) in [7, 11) is 0. The van der Waals surface area contributed by atoms with Crippen LogP contribution in [0.2, 0.25) is 0 Å². The topological polar surface area (TPSA) is 32.3 Å². The Bertz CT molecular complexity index is 171. The molecule has 0 radical (unpaired) electrons. The number of hydrogen-bond donors (Lipinski definition) is 2. The van der Waals surface area contributed by atoms with E-state index in [0.717, 1.165) is 12.5 Å². The van der Waals surface area contributed by atoms with Gasteiger partial charge >= 0.3 is 0 Å². The van der Waals surface area contributed by atoms with Crippen molar-refractivity contribution in [3.05, 3.63) is 0 Å². The minimum absolute atomic E-state index is 0.264. The molecular weight excluding hydrogens is 186 g/mol. The minimum Gasteiger partial charge on any atom is -0.395 e. The number of hydrogen-bond acceptors (Lipinski definition) is 2. The van der Waals surface area contributed by atoms with Crippen molar-refractivity contribution in [2.45, 2.75) is 58.9 Å². The van der Waals surface area contributed by atoms with E-state index in [-0.39, 0.29) is 6.61 Å². The van der Waals surface area contributed by atoms with Crippen molar-refractivity contribution in [2.24, 2.45) is 11.3 Å². The monoisotopic (exact) mass is 213 g/mol. The fourth-order valence-electron chi connectivity index (χ4n) is 2.64. The first-order chi connectivity index (χ1) is 7.10. The third-order valence-electron chi connectivity index (χ3n) is 4.29. The van der Waals surface area contributed by atoms with Crippen LogP contribution in [0.3, 0.4) is 0 Å². The van der Waals surface area contributed by atoms with Crippen LogP contribution in [0.25, 0.3) is 0 Å². The van der Waals surface area contributed by atoms with Gasteiger partial charge in [-0.2, -0.15) is 0 Å². The summed E-state index contributed by atoms with van der Waals surface area (Å²) in [6, 6.07) is 0.654. The lowest BCUT2D eigenvalue weighted by atomic mass is 9.69. The maximum atomic E-state index is 8.75. The first kappa shape index (κ1) is 13.0. The largest absolute Gasteiger partial charge is 0.395 e. The van der Waals surface area contributed by atoms with E-state index in [4.69, 9.17) is 5.11 Å². The lowest BCUT2D eigenvalue weighted by Gasteiger charge is -2.39. The smallest absolute Gasteiger partial charge is 0.0556 e. The fourth-order valence-corrected chi connectivity index (χ4v) is 2.64. The Morgan fingerprint density at radius 3 is 2.27 bits per heavy atom. The van der Waals surface area contributed by atoms with Gasteiger partial charge in [-0.15, -0.1) is 0 Å². The molecule has 0 unspecified atom stereocenters. The van der Waals surface area contributed by atoms with E-state index in [0.29, 0.717) is 11.5 Å². The second-order valence-electron chi connectivity index (χ2n) is 5.57. The van der Waals surface area contributed by atoms with Gasteiger partial charge in [0.15, 0.2) is 0 Å². The third kappa shape index (κ3) is 3.76. The van der Waals surface area contributed by atoms with Gasteiger partial charge in [0.2, 0.25) is 0 Å². The normalized spacial score (nSPS) is 28.0. The first-order valence-electron chi connectivity index (χ1n) is 6.44. The summed E-state index contributed by atoms with van der Waals surface area (Å²) in [5.74, 6) is 0.898. The molecular formula is C13H27NO.